The van der Waals surface area contributed by atoms with Gasteiger partial charge in [-0.05, 0) is 39.0 Å². The van der Waals surface area contributed by atoms with E-state index in [1.54, 1.807) is 24.3 Å². The zero-order valence-corrected chi connectivity index (χ0v) is 16.8. The maximum Gasteiger partial charge on any atom is 0.331 e. The van der Waals surface area contributed by atoms with Gasteiger partial charge >= 0.3 is 5.97 Å². The van der Waals surface area contributed by atoms with Crippen LogP contribution in [0.25, 0.3) is 0 Å². The number of carbonyl (C=O) groups excluding carboxylic acids is 2. The number of ketones is 1. The quantitative estimate of drug-likeness (QED) is 0.601. The standard InChI is InChI=1S/C19H21N3O5S/c1-11-9-15(13(3)22(11)4)16(23)10-27-19(24)12(2)20-18-14-7-5-6-8-17(14)28(25,26)21-18/h5-9,12H,10H2,1-4H3,(H,20,21)/t12-/m1/s1. The van der Waals surface area contributed by atoms with E-state index in [4.69, 9.17) is 4.74 Å². The zero-order valence-electron chi connectivity index (χ0n) is 16.0. The first kappa shape index (κ1) is 19.8. The molecule has 1 N–H and O–H groups in total. The summed E-state index contributed by atoms with van der Waals surface area (Å²) in [4.78, 5) is 28.8. The van der Waals surface area contributed by atoms with Gasteiger partial charge < -0.3 is 9.30 Å². The van der Waals surface area contributed by atoms with Crippen molar-refractivity contribution in [3.8, 4) is 0 Å². The fourth-order valence-corrected chi connectivity index (χ4v) is 4.19. The number of aromatic nitrogens is 1. The predicted octanol–water partition coefficient (Wildman–Crippen LogP) is 1.50. The van der Waals surface area contributed by atoms with Crippen LogP contribution in [0.4, 0.5) is 0 Å². The largest absolute Gasteiger partial charge is 0.456 e. The van der Waals surface area contributed by atoms with Crippen LogP contribution in [-0.4, -0.2) is 43.2 Å². The van der Waals surface area contributed by atoms with E-state index in [9.17, 15) is 18.0 Å². The maximum atomic E-state index is 12.3. The SMILES string of the molecule is Cc1cc(C(=O)COC(=O)[C@@H](C)N=C2NS(=O)(=O)c3ccccc32)c(C)n1C. The van der Waals surface area contributed by atoms with Gasteiger partial charge in [0, 0.05) is 29.6 Å². The number of hydrogen-bond acceptors (Lipinski definition) is 6. The molecule has 148 valence electrons. The molecule has 1 aromatic carbocycles. The Morgan fingerprint density at radius 2 is 1.93 bits per heavy atom. The fourth-order valence-electron chi connectivity index (χ4n) is 2.95. The minimum Gasteiger partial charge on any atom is -0.456 e. The highest BCUT2D eigenvalue weighted by molar-refractivity contribution is 7.90. The third-order valence-corrected chi connectivity index (χ3v) is 6.14. The van der Waals surface area contributed by atoms with Gasteiger partial charge in [-0.3, -0.25) is 14.5 Å². The van der Waals surface area contributed by atoms with E-state index in [2.05, 4.69) is 9.71 Å². The highest BCUT2D eigenvalue weighted by Gasteiger charge is 2.31. The molecule has 0 radical (unpaired) electrons. The molecule has 0 unspecified atom stereocenters. The third kappa shape index (κ3) is 3.57. The summed E-state index contributed by atoms with van der Waals surface area (Å²) >= 11 is 0. The van der Waals surface area contributed by atoms with Gasteiger partial charge in [-0.1, -0.05) is 12.1 Å². The van der Waals surface area contributed by atoms with Crippen molar-refractivity contribution < 1.29 is 22.7 Å². The highest BCUT2D eigenvalue weighted by atomic mass is 32.2. The van der Waals surface area contributed by atoms with E-state index >= 15 is 0 Å². The lowest BCUT2D eigenvalue weighted by molar-refractivity contribution is -0.143. The molecule has 2 heterocycles. The van der Waals surface area contributed by atoms with Gasteiger partial charge in [0.1, 0.15) is 11.9 Å². The number of fused-ring (bicyclic) bond motifs is 1. The zero-order chi connectivity index (χ0) is 20.6. The van der Waals surface area contributed by atoms with Gasteiger partial charge in [0.15, 0.2) is 6.61 Å². The van der Waals surface area contributed by atoms with Crippen LogP contribution in [0.3, 0.4) is 0 Å². The van der Waals surface area contributed by atoms with Crippen LogP contribution in [0.15, 0.2) is 40.2 Å². The molecule has 28 heavy (non-hydrogen) atoms. The van der Waals surface area contributed by atoms with Crippen LogP contribution >= 0.6 is 0 Å². The van der Waals surface area contributed by atoms with Gasteiger partial charge in [0.05, 0.1) is 4.90 Å². The molecule has 8 nitrogen and oxygen atoms in total. The molecule has 0 bridgehead atoms. The number of hydrogen-bond donors (Lipinski definition) is 1. The second-order valence-corrected chi connectivity index (χ2v) is 8.28. The van der Waals surface area contributed by atoms with Crippen molar-refractivity contribution in [2.24, 2.45) is 12.0 Å². The number of rotatable bonds is 5. The Morgan fingerprint density at radius 1 is 1.25 bits per heavy atom. The third-order valence-electron chi connectivity index (χ3n) is 4.75. The van der Waals surface area contributed by atoms with E-state index in [1.807, 2.05) is 25.5 Å². The summed E-state index contributed by atoms with van der Waals surface area (Å²) in [6, 6.07) is 7.13. The smallest absolute Gasteiger partial charge is 0.331 e. The number of nitrogens with one attached hydrogen (secondary N) is 1. The topological polar surface area (TPSA) is 107 Å². The highest BCUT2D eigenvalue weighted by Crippen LogP contribution is 2.22. The van der Waals surface area contributed by atoms with Crippen molar-refractivity contribution in [2.45, 2.75) is 31.7 Å². The average molecular weight is 403 g/mol. The summed E-state index contributed by atoms with van der Waals surface area (Å²) in [7, 11) is -1.83. The molecule has 0 saturated carbocycles. The van der Waals surface area contributed by atoms with Crippen molar-refractivity contribution in [3.05, 3.63) is 52.8 Å². The number of benzene rings is 1. The lowest BCUT2D eigenvalue weighted by atomic mass is 10.1. The summed E-state index contributed by atoms with van der Waals surface area (Å²) in [5, 5.41) is 0. The minimum atomic E-state index is -3.68. The van der Waals surface area contributed by atoms with Crippen molar-refractivity contribution >= 4 is 27.6 Å². The molecular weight excluding hydrogens is 382 g/mol. The normalized spacial score (nSPS) is 17.1. The van der Waals surface area contributed by atoms with Gasteiger partial charge in [-0.25, -0.2) is 13.2 Å². The Bertz CT molecular complexity index is 1100. The van der Waals surface area contributed by atoms with E-state index in [-0.39, 0.29) is 16.5 Å². The second-order valence-electron chi connectivity index (χ2n) is 6.63. The summed E-state index contributed by atoms with van der Waals surface area (Å²) in [6.07, 6.45) is 0. The molecule has 3 rings (SSSR count). The van der Waals surface area contributed by atoms with Crippen molar-refractivity contribution in [2.75, 3.05) is 6.61 Å². The first-order chi connectivity index (χ1) is 13.1. The molecular formula is C19H21N3O5S. The van der Waals surface area contributed by atoms with Crippen molar-refractivity contribution in [1.29, 1.82) is 0 Å². The Labute approximate surface area is 163 Å². The Hall–Kier alpha value is -2.94. The number of Topliss-reactive ketones (excluding diaryl/α,β-unsaturated/α-hetero) is 1. The number of aliphatic imine (C=N–C) groups is 1. The number of nitrogens with zero attached hydrogens (tertiary/aromatic N) is 2. The lowest BCUT2D eigenvalue weighted by Gasteiger charge is -2.09. The van der Waals surface area contributed by atoms with Crippen LogP contribution < -0.4 is 4.72 Å². The molecule has 1 aliphatic rings. The number of aryl methyl sites for hydroxylation is 1. The monoisotopic (exact) mass is 403 g/mol. The van der Waals surface area contributed by atoms with Gasteiger partial charge in [0.2, 0.25) is 5.78 Å². The first-order valence-corrected chi connectivity index (χ1v) is 10.1. The van der Waals surface area contributed by atoms with Crippen LogP contribution in [-0.2, 0) is 26.6 Å². The summed E-state index contributed by atoms with van der Waals surface area (Å²) in [5.74, 6) is -0.933. The molecule has 1 atom stereocenters. The molecule has 0 spiro atoms. The molecule has 1 aromatic heterocycles. The Kier molecular flexibility index (Phi) is 5.12. The average Bonchev–Trinajstić information content (AvgIpc) is 3.07. The summed E-state index contributed by atoms with van der Waals surface area (Å²) < 4.78 is 33.5. The Balaban J connectivity index is 1.70. The number of esters is 1. The lowest BCUT2D eigenvalue weighted by Crippen LogP contribution is -2.27. The number of carbonyl (C=O) groups is 2. The van der Waals surface area contributed by atoms with Crippen LogP contribution in [0.2, 0.25) is 0 Å². The molecule has 0 aliphatic carbocycles. The molecule has 9 heteroatoms. The number of ether oxygens (including phenoxy) is 1. The molecule has 0 fully saturated rings. The van der Waals surface area contributed by atoms with E-state index in [1.165, 1.54) is 13.0 Å². The van der Waals surface area contributed by atoms with E-state index < -0.39 is 28.6 Å². The fraction of sp³-hybridized carbons (Fsp3) is 0.316. The number of sulfonamides is 1. The Morgan fingerprint density at radius 3 is 2.57 bits per heavy atom. The van der Waals surface area contributed by atoms with Crippen molar-refractivity contribution in [3.63, 3.8) is 0 Å². The van der Waals surface area contributed by atoms with Crippen molar-refractivity contribution in [1.82, 2.24) is 9.29 Å². The van der Waals surface area contributed by atoms with Gasteiger partial charge in [-0.2, -0.15) is 0 Å². The predicted molar refractivity (Wildman–Crippen MR) is 103 cm³/mol. The van der Waals surface area contributed by atoms with Crippen LogP contribution in [0, 0.1) is 13.8 Å². The molecule has 0 amide bonds. The van der Waals surface area contributed by atoms with E-state index in [0.29, 0.717) is 11.1 Å². The minimum absolute atomic E-state index is 0.0842. The van der Waals surface area contributed by atoms with Crippen LogP contribution in [0.5, 0.6) is 0 Å². The molecule has 1 aliphatic heterocycles. The number of amidine groups is 1. The molecule has 0 saturated heterocycles. The summed E-state index contributed by atoms with van der Waals surface area (Å²) in [5.41, 5.74) is 2.63. The summed E-state index contributed by atoms with van der Waals surface area (Å²) in [6.45, 7) is 4.78. The molecule has 2 aromatic rings. The van der Waals surface area contributed by atoms with Crippen LogP contribution in [0.1, 0.15) is 34.2 Å². The maximum absolute atomic E-state index is 12.3. The first-order valence-electron chi connectivity index (χ1n) is 8.64. The van der Waals surface area contributed by atoms with Gasteiger partial charge in [0.25, 0.3) is 10.0 Å². The second kappa shape index (κ2) is 7.23. The van der Waals surface area contributed by atoms with E-state index in [0.717, 1.165) is 11.4 Å². The van der Waals surface area contributed by atoms with Gasteiger partial charge in [-0.15, -0.1) is 0 Å².